The number of amides is 2. The third-order valence-electron chi connectivity index (χ3n) is 4.06. The molecule has 2 atom stereocenters. The van der Waals surface area contributed by atoms with E-state index in [9.17, 15) is 4.79 Å². The van der Waals surface area contributed by atoms with Gasteiger partial charge in [0, 0.05) is 38.8 Å². The van der Waals surface area contributed by atoms with Gasteiger partial charge in [0.15, 0.2) is 0 Å². The lowest BCUT2D eigenvalue weighted by Crippen LogP contribution is -2.50. The molecule has 0 aromatic rings. The van der Waals surface area contributed by atoms with Crippen molar-refractivity contribution in [1.82, 2.24) is 20.0 Å². The third kappa shape index (κ3) is 1.58. The number of nitrogens with one attached hydrogen (secondary N) is 1. The molecule has 2 unspecified atom stereocenters. The second-order valence-corrected chi connectivity index (χ2v) is 5.19. The summed E-state index contributed by atoms with van der Waals surface area (Å²) in [5.74, 6) is 0. The molecule has 0 saturated carbocycles. The van der Waals surface area contributed by atoms with Crippen molar-refractivity contribution in [2.45, 2.75) is 18.5 Å². The molecule has 0 aromatic heterocycles. The molecule has 0 aromatic carbocycles. The van der Waals surface area contributed by atoms with Gasteiger partial charge >= 0.3 is 6.03 Å². The van der Waals surface area contributed by atoms with Gasteiger partial charge in [-0.05, 0) is 20.0 Å². The minimum atomic E-state index is 0.270. The summed E-state index contributed by atoms with van der Waals surface area (Å²) in [4.78, 5) is 18.7. The predicted octanol–water partition coefficient (Wildman–Crippen LogP) is -0.600. The minimum absolute atomic E-state index is 0.270. The monoisotopic (exact) mass is 224 g/mol. The SMILES string of the molecule is CN1CCC(N2CC3CNCCN3C2=O)C1. The van der Waals surface area contributed by atoms with Crippen molar-refractivity contribution in [3.05, 3.63) is 0 Å². The van der Waals surface area contributed by atoms with E-state index in [1.165, 1.54) is 0 Å². The molecule has 1 N–H and O–H groups in total. The van der Waals surface area contributed by atoms with Gasteiger partial charge in [-0.1, -0.05) is 0 Å². The number of urea groups is 1. The molecular formula is C11H20N4O. The Hall–Kier alpha value is -0.810. The first-order valence-electron chi connectivity index (χ1n) is 6.22. The van der Waals surface area contributed by atoms with Crippen LogP contribution in [0.3, 0.4) is 0 Å². The zero-order valence-electron chi connectivity index (χ0n) is 9.85. The van der Waals surface area contributed by atoms with Crippen LogP contribution in [-0.4, -0.2) is 79.1 Å². The molecule has 0 spiro atoms. The molecule has 3 heterocycles. The maximum Gasteiger partial charge on any atom is 0.320 e. The van der Waals surface area contributed by atoms with Crippen LogP contribution >= 0.6 is 0 Å². The highest BCUT2D eigenvalue weighted by Crippen LogP contribution is 2.23. The van der Waals surface area contributed by atoms with Crippen LogP contribution in [0.25, 0.3) is 0 Å². The van der Waals surface area contributed by atoms with E-state index in [1.807, 2.05) is 0 Å². The summed E-state index contributed by atoms with van der Waals surface area (Å²) in [6, 6.07) is 1.13. The lowest BCUT2D eigenvalue weighted by molar-refractivity contribution is 0.170. The standard InChI is InChI=1S/C11H20N4O/c1-13-4-2-9(7-13)15-8-10-6-12-3-5-14(10)11(15)16/h9-10,12H,2-8H2,1H3. The number of fused-ring (bicyclic) bond motifs is 1. The van der Waals surface area contributed by atoms with Crippen LogP contribution in [0.1, 0.15) is 6.42 Å². The topological polar surface area (TPSA) is 38.8 Å². The number of rotatable bonds is 1. The number of likely N-dealkylation sites (tertiary alicyclic amines) is 1. The average molecular weight is 224 g/mol. The maximum absolute atomic E-state index is 12.2. The van der Waals surface area contributed by atoms with Gasteiger partial charge in [0.25, 0.3) is 0 Å². The van der Waals surface area contributed by atoms with Crippen LogP contribution in [0.4, 0.5) is 4.79 Å². The Morgan fingerprint density at radius 2 is 2.06 bits per heavy atom. The summed E-state index contributed by atoms with van der Waals surface area (Å²) in [7, 11) is 2.13. The van der Waals surface area contributed by atoms with Crippen LogP contribution in [0, 0.1) is 0 Å². The van der Waals surface area contributed by atoms with Crippen LogP contribution in [0.15, 0.2) is 0 Å². The van der Waals surface area contributed by atoms with E-state index in [2.05, 4.69) is 27.1 Å². The smallest absolute Gasteiger partial charge is 0.318 e. The summed E-state index contributed by atoms with van der Waals surface area (Å²) in [6.07, 6.45) is 1.14. The number of nitrogens with zero attached hydrogens (tertiary/aromatic N) is 3. The molecule has 5 nitrogen and oxygen atoms in total. The normalized spacial score (nSPS) is 35.9. The fraction of sp³-hybridized carbons (Fsp3) is 0.909. The van der Waals surface area contributed by atoms with E-state index < -0.39 is 0 Å². The molecule has 3 aliphatic rings. The summed E-state index contributed by atoms with van der Waals surface area (Å²) in [5.41, 5.74) is 0. The molecular weight excluding hydrogens is 204 g/mol. The largest absolute Gasteiger partial charge is 0.320 e. The van der Waals surface area contributed by atoms with Crippen LogP contribution in [0.2, 0.25) is 0 Å². The van der Waals surface area contributed by atoms with E-state index in [1.54, 1.807) is 0 Å². The number of likely N-dealkylation sites (N-methyl/N-ethyl adjacent to an activating group) is 1. The predicted molar refractivity (Wildman–Crippen MR) is 61.4 cm³/mol. The van der Waals surface area contributed by atoms with Gasteiger partial charge in [0.1, 0.15) is 0 Å². The second-order valence-electron chi connectivity index (χ2n) is 5.19. The van der Waals surface area contributed by atoms with Crippen molar-refractivity contribution < 1.29 is 4.79 Å². The third-order valence-corrected chi connectivity index (χ3v) is 4.06. The summed E-state index contributed by atoms with van der Waals surface area (Å²) < 4.78 is 0. The lowest BCUT2D eigenvalue weighted by Gasteiger charge is -2.28. The number of carbonyl (C=O) groups excluding carboxylic acids is 1. The van der Waals surface area contributed by atoms with Crippen LogP contribution < -0.4 is 5.32 Å². The molecule has 3 rings (SSSR count). The average Bonchev–Trinajstić information content (AvgIpc) is 2.84. The van der Waals surface area contributed by atoms with E-state index in [0.29, 0.717) is 12.1 Å². The molecule has 16 heavy (non-hydrogen) atoms. The van der Waals surface area contributed by atoms with E-state index >= 15 is 0 Å². The highest BCUT2D eigenvalue weighted by atomic mass is 16.2. The fourth-order valence-corrected chi connectivity index (χ4v) is 3.12. The van der Waals surface area contributed by atoms with E-state index in [-0.39, 0.29) is 6.03 Å². The fourth-order valence-electron chi connectivity index (χ4n) is 3.12. The first-order chi connectivity index (χ1) is 7.75. The Balaban J connectivity index is 1.70. The van der Waals surface area contributed by atoms with Crippen molar-refractivity contribution in [1.29, 1.82) is 0 Å². The van der Waals surface area contributed by atoms with Gasteiger partial charge in [0.05, 0.1) is 6.04 Å². The number of hydrogen-bond donors (Lipinski definition) is 1. The zero-order valence-corrected chi connectivity index (χ0v) is 9.85. The molecule has 0 aliphatic carbocycles. The van der Waals surface area contributed by atoms with Crippen molar-refractivity contribution in [2.24, 2.45) is 0 Å². The van der Waals surface area contributed by atoms with Gasteiger partial charge in [-0.15, -0.1) is 0 Å². The van der Waals surface area contributed by atoms with Crippen molar-refractivity contribution >= 4 is 6.03 Å². The Labute approximate surface area is 96.4 Å². The summed E-state index contributed by atoms with van der Waals surface area (Å²) in [6.45, 7) is 5.87. The number of piperazine rings is 1. The van der Waals surface area contributed by atoms with Crippen LogP contribution in [-0.2, 0) is 0 Å². The second kappa shape index (κ2) is 3.89. The lowest BCUT2D eigenvalue weighted by atomic mass is 10.2. The Bertz CT molecular complexity index is 296. The first-order valence-corrected chi connectivity index (χ1v) is 6.22. The molecule has 3 aliphatic heterocycles. The molecule has 2 amide bonds. The van der Waals surface area contributed by atoms with Crippen molar-refractivity contribution in [2.75, 3.05) is 46.3 Å². The zero-order chi connectivity index (χ0) is 11.1. The van der Waals surface area contributed by atoms with E-state index in [4.69, 9.17) is 0 Å². The molecule has 0 bridgehead atoms. The molecule has 0 radical (unpaired) electrons. The number of hydrogen-bond acceptors (Lipinski definition) is 3. The Morgan fingerprint density at radius 1 is 1.19 bits per heavy atom. The van der Waals surface area contributed by atoms with Crippen molar-refractivity contribution in [3.63, 3.8) is 0 Å². The van der Waals surface area contributed by atoms with Gasteiger partial charge < -0.3 is 20.0 Å². The number of carbonyl (C=O) groups is 1. The molecule has 3 saturated heterocycles. The minimum Gasteiger partial charge on any atom is -0.318 e. The quantitative estimate of drug-likeness (QED) is 0.646. The Kier molecular flexibility index (Phi) is 2.52. The maximum atomic E-state index is 12.2. The molecule has 90 valence electrons. The molecule has 5 heteroatoms. The van der Waals surface area contributed by atoms with Gasteiger partial charge in [0.2, 0.25) is 0 Å². The summed E-state index contributed by atoms with van der Waals surface area (Å²) >= 11 is 0. The van der Waals surface area contributed by atoms with E-state index in [0.717, 1.165) is 45.7 Å². The van der Waals surface area contributed by atoms with Crippen LogP contribution in [0.5, 0.6) is 0 Å². The van der Waals surface area contributed by atoms with Gasteiger partial charge in [-0.2, -0.15) is 0 Å². The molecule has 3 fully saturated rings. The highest BCUT2D eigenvalue weighted by molar-refractivity contribution is 5.78. The summed E-state index contributed by atoms with van der Waals surface area (Å²) in [5, 5.41) is 3.37. The Morgan fingerprint density at radius 3 is 2.75 bits per heavy atom. The van der Waals surface area contributed by atoms with Gasteiger partial charge in [-0.25, -0.2) is 4.79 Å². The first kappa shape index (κ1) is 10.4. The highest BCUT2D eigenvalue weighted by Gasteiger charge is 2.42. The van der Waals surface area contributed by atoms with Crippen molar-refractivity contribution in [3.8, 4) is 0 Å². The van der Waals surface area contributed by atoms with Gasteiger partial charge in [-0.3, -0.25) is 0 Å².